The van der Waals surface area contributed by atoms with Gasteiger partial charge in [-0.1, -0.05) is 34.6 Å². The van der Waals surface area contributed by atoms with Crippen molar-refractivity contribution in [1.82, 2.24) is 10.2 Å². The monoisotopic (exact) mass is 226 g/mol. The molecule has 2 unspecified atom stereocenters. The van der Waals surface area contributed by atoms with Crippen LogP contribution in [0.2, 0.25) is 0 Å². The van der Waals surface area contributed by atoms with Crippen molar-refractivity contribution in [2.24, 2.45) is 11.3 Å². The number of hydrogen-bond acceptors (Lipinski definition) is 2. The van der Waals surface area contributed by atoms with E-state index in [1.807, 2.05) is 4.90 Å². The summed E-state index contributed by atoms with van der Waals surface area (Å²) in [7, 11) is 0. The van der Waals surface area contributed by atoms with E-state index in [0.29, 0.717) is 17.9 Å². The third-order valence-corrected chi connectivity index (χ3v) is 3.31. The van der Waals surface area contributed by atoms with Gasteiger partial charge in [0, 0.05) is 25.6 Å². The van der Waals surface area contributed by atoms with Gasteiger partial charge in [0.25, 0.3) is 0 Å². The predicted octanol–water partition coefficient (Wildman–Crippen LogP) is 1.88. The number of nitrogens with one attached hydrogen (secondary N) is 1. The average Bonchev–Trinajstić information content (AvgIpc) is 2.43. The number of carbonyl (C=O) groups is 1. The zero-order chi connectivity index (χ0) is 12.3. The SMILES string of the molecule is CCNC(CN1CC(C)CC1=O)C(C)(C)C. The Morgan fingerprint density at radius 1 is 1.50 bits per heavy atom. The number of hydrogen-bond donors (Lipinski definition) is 1. The molecule has 0 saturated carbocycles. The zero-order valence-corrected chi connectivity index (χ0v) is 11.3. The molecule has 2 atom stereocenters. The van der Waals surface area contributed by atoms with Gasteiger partial charge in [-0.3, -0.25) is 4.79 Å². The molecule has 16 heavy (non-hydrogen) atoms. The molecule has 1 rings (SSSR count). The van der Waals surface area contributed by atoms with Crippen LogP contribution >= 0.6 is 0 Å². The number of nitrogens with zero attached hydrogens (tertiary/aromatic N) is 1. The van der Waals surface area contributed by atoms with Crippen LogP contribution in [-0.2, 0) is 4.79 Å². The molecule has 1 aliphatic heterocycles. The minimum absolute atomic E-state index is 0.197. The third-order valence-electron chi connectivity index (χ3n) is 3.31. The molecular formula is C13H26N2O. The summed E-state index contributed by atoms with van der Waals surface area (Å²) in [5.41, 5.74) is 0.197. The van der Waals surface area contributed by atoms with Crippen molar-refractivity contribution >= 4 is 5.91 Å². The molecule has 0 radical (unpaired) electrons. The smallest absolute Gasteiger partial charge is 0.222 e. The fourth-order valence-electron chi connectivity index (χ4n) is 2.26. The summed E-state index contributed by atoms with van der Waals surface area (Å²) >= 11 is 0. The van der Waals surface area contributed by atoms with E-state index in [4.69, 9.17) is 0 Å². The summed E-state index contributed by atoms with van der Waals surface area (Å²) in [5.74, 6) is 0.842. The van der Waals surface area contributed by atoms with Crippen LogP contribution in [0, 0.1) is 11.3 Å². The van der Waals surface area contributed by atoms with Crippen LogP contribution in [0.5, 0.6) is 0 Å². The van der Waals surface area contributed by atoms with Crippen molar-refractivity contribution in [2.75, 3.05) is 19.6 Å². The van der Waals surface area contributed by atoms with E-state index in [-0.39, 0.29) is 5.41 Å². The predicted molar refractivity (Wildman–Crippen MR) is 67.3 cm³/mol. The Morgan fingerprint density at radius 2 is 2.12 bits per heavy atom. The fourth-order valence-corrected chi connectivity index (χ4v) is 2.26. The maximum atomic E-state index is 11.7. The van der Waals surface area contributed by atoms with Crippen molar-refractivity contribution in [2.45, 2.75) is 47.1 Å². The molecular weight excluding hydrogens is 200 g/mol. The Hall–Kier alpha value is -0.570. The standard InChI is InChI=1S/C13H26N2O/c1-6-14-11(13(3,4)5)9-15-8-10(2)7-12(15)16/h10-11,14H,6-9H2,1-5H3. The second-order valence-corrected chi connectivity index (χ2v) is 6.08. The maximum Gasteiger partial charge on any atom is 0.222 e. The van der Waals surface area contributed by atoms with Crippen molar-refractivity contribution in [3.63, 3.8) is 0 Å². The second-order valence-electron chi connectivity index (χ2n) is 6.08. The van der Waals surface area contributed by atoms with Crippen molar-refractivity contribution < 1.29 is 4.79 Å². The van der Waals surface area contributed by atoms with E-state index in [1.54, 1.807) is 0 Å². The lowest BCUT2D eigenvalue weighted by Gasteiger charge is -2.34. The average molecular weight is 226 g/mol. The van der Waals surface area contributed by atoms with Crippen molar-refractivity contribution in [3.8, 4) is 0 Å². The summed E-state index contributed by atoms with van der Waals surface area (Å²) in [6.45, 7) is 13.7. The molecule has 0 bridgehead atoms. The Kier molecular flexibility index (Phi) is 4.36. The van der Waals surface area contributed by atoms with Gasteiger partial charge in [-0.2, -0.15) is 0 Å². The minimum Gasteiger partial charge on any atom is -0.341 e. The first-order valence-corrected chi connectivity index (χ1v) is 6.35. The highest BCUT2D eigenvalue weighted by atomic mass is 16.2. The Morgan fingerprint density at radius 3 is 2.50 bits per heavy atom. The number of likely N-dealkylation sites (N-methyl/N-ethyl adjacent to an activating group) is 1. The summed E-state index contributed by atoms with van der Waals surface area (Å²) in [6.07, 6.45) is 0.725. The summed E-state index contributed by atoms with van der Waals surface area (Å²) in [5, 5.41) is 3.49. The molecule has 1 heterocycles. The molecule has 1 N–H and O–H groups in total. The fraction of sp³-hybridized carbons (Fsp3) is 0.923. The topological polar surface area (TPSA) is 32.3 Å². The highest BCUT2D eigenvalue weighted by Gasteiger charge is 2.32. The molecule has 0 aromatic heterocycles. The minimum atomic E-state index is 0.197. The van der Waals surface area contributed by atoms with E-state index in [2.05, 4.69) is 39.9 Å². The molecule has 1 saturated heterocycles. The molecule has 1 aliphatic rings. The largest absolute Gasteiger partial charge is 0.341 e. The van der Waals surface area contributed by atoms with E-state index < -0.39 is 0 Å². The van der Waals surface area contributed by atoms with Gasteiger partial charge in [-0.05, 0) is 17.9 Å². The van der Waals surface area contributed by atoms with E-state index in [9.17, 15) is 4.79 Å². The van der Waals surface area contributed by atoms with Crippen LogP contribution in [-0.4, -0.2) is 36.5 Å². The molecule has 1 fully saturated rings. The van der Waals surface area contributed by atoms with Gasteiger partial charge >= 0.3 is 0 Å². The van der Waals surface area contributed by atoms with E-state index >= 15 is 0 Å². The lowest BCUT2D eigenvalue weighted by molar-refractivity contribution is -0.128. The summed E-state index contributed by atoms with van der Waals surface area (Å²) in [4.78, 5) is 13.8. The third kappa shape index (κ3) is 3.48. The van der Waals surface area contributed by atoms with Gasteiger partial charge < -0.3 is 10.2 Å². The van der Waals surface area contributed by atoms with Gasteiger partial charge in [-0.15, -0.1) is 0 Å². The quantitative estimate of drug-likeness (QED) is 0.794. The molecule has 0 aliphatic carbocycles. The van der Waals surface area contributed by atoms with Crippen LogP contribution in [0.15, 0.2) is 0 Å². The number of rotatable bonds is 4. The normalized spacial score (nSPS) is 23.9. The Balaban J connectivity index is 2.58. The lowest BCUT2D eigenvalue weighted by Crippen LogP contribution is -2.49. The molecule has 0 spiro atoms. The summed E-state index contributed by atoms with van der Waals surface area (Å²) < 4.78 is 0. The van der Waals surface area contributed by atoms with Crippen LogP contribution in [0.4, 0.5) is 0 Å². The van der Waals surface area contributed by atoms with Gasteiger partial charge in [-0.25, -0.2) is 0 Å². The van der Waals surface area contributed by atoms with Crippen LogP contribution in [0.1, 0.15) is 41.0 Å². The molecule has 1 amide bonds. The van der Waals surface area contributed by atoms with Gasteiger partial charge in [0.05, 0.1) is 0 Å². The molecule has 0 aromatic rings. The van der Waals surface area contributed by atoms with E-state index in [1.165, 1.54) is 0 Å². The first-order valence-electron chi connectivity index (χ1n) is 6.35. The maximum absolute atomic E-state index is 11.7. The summed E-state index contributed by atoms with van der Waals surface area (Å²) in [6, 6.07) is 0.381. The van der Waals surface area contributed by atoms with Crippen LogP contribution in [0.3, 0.4) is 0 Å². The number of carbonyl (C=O) groups excluding carboxylic acids is 1. The molecule has 3 nitrogen and oxygen atoms in total. The zero-order valence-electron chi connectivity index (χ0n) is 11.3. The van der Waals surface area contributed by atoms with Gasteiger partial charge in [0.1, 0.15) is 0 Å². The van der Waals surface area contributed by atoms with Gasteiger partial charge in [0.15, 0.2) is 0 Å². The van der Waals surface area contributed by atoms with Crippen molar-refractivity contribution in [1.29, 1.82) is 0 Å². The first-order chi connectivity index (χ1) is 7.34. The van der Waals surface area contributed by atoms with Crippen molar-refractivity contribution in [3.05, 3.63) is 0 Å². The highest BCUT2D eigenvalue weighted by molar-refractivity contribution is 5.78. The number of likely N-dealkylation sites (tertiary alicyclic amines) is 1. The van der Waals surface area contributed by atoms with Gasteiger partial charge in [0.2, 0.25) is 5.91 Å². The molecule has 94 valence electrons. The molecule has 0 aromatic carbocycles. The number of amides is 1. The lowest BCUT2D eigenvalue weighted by atomic mass is 9.86. The first kappa shape index (κ1) is 13.5. The second kappa shape index (κ2) is 5.17. The Labute approximate surface area is 99.6 Å². The van der Waals surface area contributed by atoms with E-state index in [0.717, 1.165) is 26.1 Å². The highest BCUT2D eigenvalue weighted by Crippen LogP contribution is 2.23. The van der Waals surface area contributed by atoms with Crippen LogP contribution in [0.25, 0.3) is 0 Å². The Bertz CT molecular complexity index is 245. The molecule has 3 heteroatoms. The van der Waals surface area contributed by atoms with Crippen LogP contribution < -0.4 is 5.32 Å².